The van der Waals surface area contributed by atoms with E-state index in [1.54, 1.807) is 7.05 Å². The number of nitrogens with zero attached hydrogens (tertiary/aromatic N) is 4. The quantitative estimate of drug-likeness (QED) is 0.899. The van der Waals surface area contributed by atoms with E-state index in [9.17, 15) is 5.11 Å². The van der Waals surface area contributed by atoms with Gasteiger partial charge in [0.1, 0.15) is 0 Å². The number of aromatic nitrogens is 4. The molecule has 0 aliphatic heterocycles. The van der Waals surface area contributed by atoms with Gasteiger partial charge in [-0.1, -0.05) is 24.3 Å². The van der Waals surface area contributed by atoms with Gasteiger partial charge in [-0.3, -0.25) is 0 Å². The van der Waals surface area contributed by atoms with Crippen molar-refractivity contribution in [1.82, 2.24) is 20.2 Å². The largest absolute Gasteiger partial charge is 0.392 e. The summed E-state index contributed by atoms with van der Waals surface area (Å²) in [5, 5.41) is 22.4. The Bertz CT molecular complexity index is 566. The van der Waals surface area contributed by atoms with Crippen LogP contribution in [0.4, 0.5) is 0 Å². The van der Waals surface area contributed by atoms with E-state index in [4.69, 9.17) is 0 Å². The molecular formula is C14H18N4O. The summed E-state index contributed by atoms with van der Waals surface area (Å²) in [6.45, 7) is 0. The highest BCUT2D eigenvalue weighted by atomic mass is 16.3. The first-order valence-electron chi connectivity index (χ1n) is 6.73. The molecule has 0 saturated carbocycles. The lowest BCUT2D eigenvalue weighted by atomic mass is 9.79. The van der Waals surface area contributed by atoms with Gasteiger partial charge in [-0.15, -0.1) is 10.2 Å². The number of tetrazole rings is 1. The highest BCUT2D eigenvalue weighted by Gasteiger charge is 2.27. The summed E-state index contributed by atoms with van der Waals surface area (Å²) in [5.41, 5.74) is 2.65. The summed E-state index contributed by atoms with van der Waals surface area (Å²) in [7, 11) is 1.73. The van der Waals surface area contributed by atoms with Crippen LogP contribution in [0.15, 0.2) is 24.3 Å². The second-order valence-corrected chi connectivity index (χ2v) is 5.16. The molecular weight excluding hydrogens is 240 g/mol. The van der Waals surface area contributed by atoms with E-state index < -0.39 is 6.10 Å². The molecule has 100 valence electrons. The van der Waals surface area contributed by atoms with Gasteiger partial charge in [0.25, 0.3) is 0 Å². The van der Waals surface area contributed by atoms with Crippen LogP contribution in [-0.4, -0.2) is 31.4 Å². The Balaban J connectivity index is 1.79. The summed E-state index contributed by atoms with van der Waals surface area (Å²) in [5.74, 6) is 0.798. The zero-order chi connectivity index (χ0) is 13.2. The Morgan fingerprint density at radius 3 is 3.05 bits per heavy atom. The molecule has 2 atom stereocenters. The molecule has 0 amide bonds. The molecule has 19 heavy (non-hydrogen) atoms. The zero-order valence-corrected chi connectivity index (χ0v) is 11.0. The summed E-state index contributed by atoms with van der Waals surface area (Å²) in [6, 6.07) is 8.41. The fourth-order valence-corrected chi connectivity index (χ4v) is 2.93. The van der Waals surface area contributed by atoms with Crippen molar-refractivity contribution in [1.29, 1.82) is 0 Å². The Hall–Kier alpha value is -1.75. The molecule has 2 aromatic rings. The van der Waals surface area contributed by atoms with E-state index in [1.165, 1.54) is 15.9 Å². The maximum absolute atomic E-state index is 10.5. The molecule has 1 aliphatic carbocycles. The lowest BCUT2D eigenvalue weighted by molar-refractivity contribution is 0.132. The number of rotatable bonds is 3. The maximum atomic E-state index is 10.5. The third kappa shape index (κ3) is 2.51. The van der Waals surface area contributed by atoms with Gasteiger partial charge in [0.2, 0.25) is 0 Å². The van der Waals surface area contributed by atoms with Crippen LogP contribution < -0.4 is 0 Å². The molecule has 5 heteroatoms. The maximum Gasteiger partial charge on any atom is 0.177 e. The van der Waals surface area contributed by atoms with Crippen LogP contribution >= 0.6 is 0 Å². The first-order valence-corrected chi connectivity index (χ1v) is 6.73. The fraction of sp³-hybridized carbons (Fsp3) is 0.500. The van der Waals surface area contributed by atoms with Gasteiger partial charge in [0.05, 0.1) is 13.2 Å². The SMILES string of the molecule is Cn1nnc(CC(O)C2CCCc3ccccc32)n1. The van der Waals surface area contributed by atoms with Crippen LogP contribution in [0, 0.1) is 0 Å². The smallest absolute Gasteiger partial charge is 0.177 e. The normalized spacial score (nSPS) is 20.0. The Kier molecular flexibility index (Phi) is 3.29. The average Bonchev–Trinajstić information content (AvgIpc) is 2.83. The molecule has 1 aromatic heterocycles. The highest BCUT2D eigenvalue weighted by Crippen LogP contribution is 2.34. The number of aryl methyl sites for hydroxylation is 2. The van der Waals surface area contributed by atoms with E-state index in [0.29, 0.717) is 12.2 Å². The Morgan fingerprint density at radius 2 is 2.26 bits per heavy atom. The number of hydrogen-bond acceptors (Lipinski definition) is 4. The van der Waals surface area contributed by atoms with E-state index >= 15 is 0 Å². The number of fused-ring (bicyclic) bond motifs is 1. The van der Waals surface area contributed by atoms with Crippen molar-refractivity contribution in [2.75, 3.05) is 0 Å². The van der Waals surface area contributed by atoms with Crippen molar-refractivity contribution >= 4 is 0 Å². The second-order valence-electron chi connectivity index (χ2n) is 5.16. The van der Waals surface area contributed by atoms with Gasteiger partial charge in [0, 0.05) is 12.3 Å². The molecule has 0 radical (unpaired) electrons. The van der Waals surface area contributed by atoms with Crippen molar-refractivity contribution in [3.05, 3.63) is 41.2 Å². The molecule has 5 nitrogen and oxygen atoms in total. The predicted molar refractivity (Wildman–Crippen MR) is 70.6 cm³/mol. The van der Waals surface area contributed by atoms with Crippen LogP contribution in [0.1, 0.15) is 35.7 Å². The van der Waals surface area contributed by atoms with Crippen LogP contribution in [0.5, 0.6) is 0 Å². The van der Waals surface area contributed by atoms with Crippen molar-refractivity contribution in [2.24, 2.45) is 7.05 Å². The van der Waals surface area contributed by atoms with Crippen molar-refractivity contribution in [3.8, 4) is 0 Å². The van der Waals surface area contributed by atoms with Gasteiger partial charge in [-0.2, -0.15) is 4.80 Å². The van der Waals surface area contributed by atoms with E-state index in [2.05, 4.69) is 33.6 Å². The monoisotopic (exact) mass is 258 g/mol. The minimum absolute atomic E-state index is 0.189. The van der Waals surface area contributed by atoms with Gasteiger partial charge in [-0.05, 0) is 35.6 Å². The van der Waals surface area contributed by atoms with Gasteiger partial charge in [0.15, 0.2) is 5.82 Å². The second kappa shape index (κ2) is 5.09. The van der Waals surface area contributed by atoms with Crippen LogP contribution in [0.2, 0.25) is 0 Å². The summed E-state index contributed by atoms with van der Waals surface area (Å²) in [4.78, 5) is 1.43. The molecule has 1 N–H and O–H groups in total. The molecule has 0 spiro atoms. The minimum Gasteiger partial charge on any atom is -0.392 e. The molecule has 2 unspecified atom stereocenters. The molecule has 0 saturated heterocycles. The van der Waals surface area contributed by atoms with Crippen LogP contribution in [-0.2, 0) is 19.9 Å². The first kappa shape index (κ1) is 12.3. The third-order valence-corrected chi connectivity index (χ3v) is 3.82. The van der Waals surface area contributed by atoms with Gasteiger partial charge in [-0.25, -0.2) is 0 Å². The summed E-state index contributed by atoms with van der Waals surface area (Å²) >= 11 is 0. The number of hydrogen-bond donors (Lipinski definition) is 1. The molecule has 1 aliphatic rings. The third-order valence-electron chi connectivity index (χ3n) is 3.82. The van der Waals surface area contributed by atoms with Gasteiger partial charge >= 0.3 is 0 Å². The number of aliphatic hydroxyl groups is 1. The standard InChI is InChI=1S/C14H18N4O/c1-18-16-14(15-17-18)9-13(19)12-8-4-6-10-5-2-3-7-11(10)12/h2-3,5,7,12-13,19H,4,6,8-9H2,1H3. The van der Waals surface area contributed by atoms with Crippen molar-refractivity contribution in [3.63, 3.8) is 0 Å². The van der Waals surface area contributed by atoms with E-state index in [1.807, 2.05) is 6.07 Å². The Morgan fingerprint density at radius 1 is 1.42 bits per heavy atom. The van der Waals surface area contributed by atoms with E-state index in [0.717, 1.165) is 19.3 Å². The zero-order valence-electron chi connectivity index (χ0n) is 11.0. The average molecular weight is 258 g/mol. The summed E-state index contributed by atoms with van der Waals surface area (Å²) in [6.07, 6.45) is 3.30. The minimum atomic E-state index is -0.439. The lowest BCUT2D eigenvalue weighted by Gasteiger charge is -2.28. The van der Waals surface area contributed by atoms with Gasteiger partial charge < -0.3 is 5.11 Å². The topological polar surface area (TPSA) is 63.8 Å². The van der Waals surface area contributed by atoms with Crippen molar-refractivity contribution < 1.29 is 5.11 Å². The fourth-order valence-electron chi connectivity index (χ4n) is 2.93. The molecule has 3 rings (SSSR count). The van der Waals surface area contributed by atoms with Crippen molar-refractivity contribution in [2.45, 2.75) is 37.7 Å². The highest BCUT2D eigenvalue weighted by molar-refractivity contribution is 5.33. The van der Waals surface area contributed by atoms with E-state index in [-0.39, 0.29) is 5.92 Å². The Labute approximate surface area is 112 Å². The molecule has 1 heterocycles. The van der Waals surface area contributed by atoms with Crippen LogP contribution in [0.3, 0.4) is 0 Å². The lowest BCUT2D eigenvalue weighted by Crippen LogP contribution is -2.25. The molecule has 0 bridgehead atoms. The number of aliphatic hydroxyl groups excluding tert-OH is 1. The molecule has 0 fully saturated rings. The first-order chi connectivity index (χ1) is 9.24. The predicted octanol–water partition coefficient (Wildman–Crippen LogP) is 1.23. The number of benzene rings is 1. The molecule has 1 aromatic carbocycles. The summed E-state index contributed by atoms with van der Waals surface area (Å²) < 4.78 is 0. The van der Waals surface area contributed by atoms with Crippen LogP contribution in [0.25, 0.3) is 0 Å².